The lowest BCUT2D eigenvalue weighted by Crippen LogP contribution is -1.86. The van der Waals surface area contributed by atoms with Crippen LogP contribution in [-0.2, 0) is 0 Å². The Kier molecular flexibility index (Phi) is 4.20. The second-order valence-electron chi connectivity index (χ2n) is 3.53. The molecule has 0 saturated heterocycles. The molecule has 94 valence electrons. The van der Waals surface area contributed by atoms with Crippen molar-refractivity contribution in [2.45, 2.75) is 0 Å². The molecule has 1 nitrogen and oxygen atoms in total. The third-order valence-corrected chi connectivity index (χ3v) is 3.69. The van der Waals surface area contributed by atoms with Gasteiger partial charge in [0.25, 0.3) is 0 Å². The summed E-state index contributed by atoms with van der Waals surface area (Å²) in [6, 6.07) is 5.82. The lowest BCUT2D eigenvalue weighted by atomic mass is 10.1. The minimum Gasteiger partial charge on any atom is -0.508 e. The molecule has 0 aromatic heterocycles. The van der Waals surface area contributed by atoms with Crippen LogP contribution in [0.15, 0.2) is 24.3 Å². The van der Waals surface area contributed by atoms with Gasteiger partial charge in [-0.15, -0.1) is 0 Å². The van der Waals surface area contributed by atoms with Crippen LogP contribution in [-0.4, -0.2) is 5.11 Å². The van der Waals surface area contributed by atoms with Gasteiger partial charge in [-0.05, 0) is 24.3 Å². The fraction of sp³-hybridized carbons (Fsp3) is 0. The van der Waals surface area contributed by atoms with E-state index in [-0.39, 0.29) is 15.8 Å². The number of rotatable bonds is 1. The average Bonchev–Trinajstić information content (AvgIpc) is 2.20. The third-order valence-electron chi connectivity index (χ3n) is 2.28. The number of phenolic OH excluding ortho intramolecular Hbond substituents is 1. The Bertz CT molecular complexity index is 522. The Morgan fingerprint density at radius 2 is 0.944 bits per heavy atom. The van der Waals surface area contributed by atoms with Crippen LogP contribution in [0.4, 0.5) is 0 Å². The van der Waals surface area contributed by atoms with Gasteiger partial charge in [-0.25, -0.2) is 0 Å². The Morgan fingerprint density at radius 1 is 0.611 bits per heavy atom. The summed E-state index contributed by atoms with van der Waals surface area (Å²) in [5, 5.41) is 11.0. The summed E-state index contributed by atoms with van der Waals surface area (Å²) in [6.07, 6.45) is 0. The monoisotopic (exact) mass is 340 g/mol. The smallest absolute Gasteiger partial charge is 0.118 e. The van der Waals surface area contributed by atoms with Gasteiger partial charge in [0.2, 0.25) is 0 Å². The first-order chi connectivity index (χ1) is 8.40. The van der Waals surface area contributed by atoms with Crippen molar-refractivity contribution >= 4 is 58.0 Å². The number of phenols is 1. The van der Waals surface area contributed by atoms with Crippen LogP contribution in [0, 0.1) is 0 Å². The van der Waals surface area contributed by atoms with Crippen molar-refractivity contribution in [2.75, 3.05) is 0 Å². The number of hydrogen-bond acceptors (Lipinski definition) is 1. The Labute approximate surface area is 129 Å². The van der Waals surface area contributed by atoms with E-state index >= 15 is 0 Å². The lowest BCUT2D eigenvalue weighted by molar-refractivity contribution is 0.475. The predicted octanol–water partition coefficient (Wildman–Crippen LogP) is 6.33. The molecule has 18 heavy (non-hydrogen) atoms. The van der Waals surface area contributed by atoms with Gasteiger partial charge in [0.05, 0.1) is 20.1 Å². The fourth-order valence-electron chi connectivity index (χ4n) is 1.58. The standard InChI is InChI=1S/C12H5Cl5O/c13-5-1-7(14)11(8(15)2-5)12-9(16)3-6(18)4-10(12)17/h1-4,18H. The van der Waals surface area contributed by atoms with Gasteiger partial charge in [0, 0.05) is 16.1 Å². The second-order valence-corrected chi connectivity index (χ2v) is 5.59. The van der Waals surface area contributed by atoms with Crippen molar-refractivity contribution in [1.82, 2.24) is 0 Å². The molecule has 2 aromatic rings. The van der Waals surface area contributed by atoms with Gasteiger partial charge in [-0.1, -0.05) is 58.0 Å². The molecule has 0 saturated carbocycles. The number of hydrogen-bond donors (Lipinski definition) is 1. The molecular weight excluding hydrogens is 337 g/mol. The van der Waals surface area contributed by atoms with E-state index < -0.39 is 0 Å². The molecule has 0 unspecified atom stereocenters. The maximum atomic E-state index is 9.39. The first kappa shape index (κ1) is 14.1. The molecule has 0 amide bonds. The largest absolute Gasteiger partial charge is 0.508 e. The molecule has 0 fully saturated rings. The molecule has 0 aliphatic heterocycles. The normalized spacial score (nSPS) is 10.7. The fourth-order valence-corrected chi connectivity index (χ4v) is 3.25. The molecule has 0 heterocycles. The summed E-state index contributed by atoms with van der Waals surface area (Å²) >= 11 is 30.2. The number of benzene rings is 2. The van der Waals surface area contributed by atoms with E-state index in [4.69, 9.17) is 58.0 Å². The van der Waals surface area contributed by atoms with Crippen LogP contribution in [0.3, 0.4) is 0 Å². The molecule has 0 aliphatic carbocycles. The molecule has 1 N–H and O–H groups in total. The maximum Gasteiger partial charge on any atom is 0.118 e. The Hall–Kier alpha value is -0.310. The molecule has 0 atom stereocenters. The topological polar surface area (TPSA) is 20.2 Å². The summed E-state index contributed by atoms with van der Waals surface area (Å²) in [6.45, 7) is 0. The van der Waals surface area contributed by atoms with Crippen LogP contribution >= 0.6 is 58.0 Å². The Balaban J connectivity index is 2.78. The first-order valence-electron chi connectivity index (χ1n) is 4.73. The molecular formula is C12H5Cl5O. The van der Waals surface area contributed by atoms with Crippen molar-refractivity contribution < 1.29 is 5.11 Å². The van der Waals surface area contributed by atoms with E-state index in [9.17, 15) is 5.11 Å². The Morgan fingerprint density at radius 3 is 1.33 bits per heavy atom. The van der Waals surface area contributed by atoms with Crippen LogP contribution in [0.25, 0.3) is 11.1 Å². The van der Waals surface area contributed by atoms with E-state index in [1.54, 1.807) is 12.1 Å². The third kappa shape index (κ3) is 2.66. The van der Waals surface area contributed by atoms with Gasteiger partial charge in [0.15, 0.2) is 0 Å². The highest BCUT2D eigenvalue weighted by molar-refractivity contribution is 6.45. The van der Waals surface area contributed by atoms with Crippen molar-refractivity contribution in [2.24, 2.45) is 0 Å². The molecule has 0 radical (unpaired) electrons. The van der Waals surface area contributed by atoms with E-state index in [0.717, 1.165) is 0 Å². The van der Waals surface area contributed by atoms with Crippen molar-refractivity contribution in [1.29, 1.82) is 0 Å². The van der Waals surface area contributed by atoms with E-state index in [1.165, 1.54) is 12.1 Å². The van der Waals surface area contributed by atoms with Crippen molar-refractivity contribution in [3.05, 3.63) is 49.4 Å². The van der Waals surface area contributed by atoms with E-state index in [1.807, 2.05) is 0 Å². The number of aromatic hydroxyl groups is 1. The van der Waals surface area contributed by atoms with Crippen LogP contribution in [0.2, 0.25) is 25.1 Å². The first-order valence-corrected chi connectivity index (χ1v) is 6.62. The molecule has 2 rings (SSSR count). The molecule has 0 bridgehead atoms. The van der Waals surface area contributed by atoms with Gasteiger partial charge >= 0.3 is 0 Å². The quantitative estimate of drug-likeness (QED) is 0.642. The van der Waals surface area contributed by atoms with Crippen LogP contribution in [0.5, 0.6) is 5.75 Å². The molecule has 0 aliphatic rings. The summed E-state index contributed by atoms with van der Waals surface area (Å²) < 4.78 is 0. The van der Waals surface area contributed by atoms with Gasteiger partial charge in [-0.3, -0.25) is 0 Å². The highest BCUT2D eigenvalue weighted by atomic mass is 35.5. The highest BCUT2D eigenvalue weighted by Crippen LogP contribution is 2.45. The lowest BCUT2D eigenvalue weighted by Gasteiger charge is -2.12. The van der Waals surface area contributed by atoms with Gasteiger partial charge < -0.3 is 5.11 Å². The maximum absolute atomic E-state index is 9.39. The highest BCUT2D eigenvalue weighted by Gasteiger charge is 2.17. The average molecular weight is 342 g/mol. The van der Waals surface area contributed by atoms with Crippen LogP contribution in [0.1, 0.15) is 0 Å². The van der Waals surface area contributed by atoms with Crippen molar-refractivity contribution in [3.8, 4) is 16.9 Å². The molecule has 2 aromatic carbocycles. The molecule has 6 heteroatoms. The zero-order chi connectivity index (χ0) is 13.4. The summed E-state index contributed by atoms with van der Waals surface area (Å²) in [4.78, 5) is 0. The predicted molar refractivity (Wildman–Crippen MR) is 78.6 cm³/mol. The van der Waals surface area contributed by atoms with Gasteiger partial charge in [0.1, 0.15) is 5.75 Å². The summed E-state index contributed by atoms with van der Waals surface area (Å²) in [5.41, 5.74) is 0.945. The summed E-state index contributed by atoms with van der Waals surface area (Å²) in [7, 11) is 0. The minimum atomic E-state index is -0.0324. The van der Waals surface area contributed by atoms with E-state index in [0.29, 0.717) is 26.2 Å². The van der Waals surface area contributed by atoms with Crippen molar-refractivity contribution in [3.63, 3.8) is 0 Å². The zero-order valence-electron chi connectivity index (χ0n) is 8.65. The van der Waals surface area contributed by atoms with Gasteiger partial charge in [-0.2, -0.15) is 0 Å². The zero-order valence-corrected chi connectivity index (χ0v) is 12.4. The SMILES string of the molecule is Oc1cc(Cl)c(-c2c(Cl)cc(Cl)cc2Cl)c(Cl)c1. The minimum absolute atomic E-state index is 0.0324. The van der Waals surface area contributed by atoms with Crippen LogP contribution < -0.4 is 0 Å². The molecule has 0 spiro atoms. The summed E-state index contributed by atoms with van der Waals surface area (Å²) in [5.74, 6) is -0.0324. The number of halogens is 5. The van der Waals surface area contributed by atoms with E-state index in [2.05, 4.69) is 0 Å². The second kappa shape index (κ2) is 5.36.